The summed E-state index contributed by atoms with van der Waals surface area (Å²) in [6.45, 7) is 4.02. The summed E-state index contributed by atoms with van der Waals surface area (Å²) in [4.78, 5) is 13.8. The topological polar surface area (TPSA) is 58.4 Å². The maximum atomic E-state index is 11.4. The Morgan fingerprint density at radius 1 is 1.37 bits per heavy atom. The van der Waals surface area contributed by atoms with Crippen molar-refractivity contribution in [2.24, 2.45) is 5.92 Å². The monoisotopic (exact) mass is 259 g/mol. The van der Waals surface area contributed by atoms with Gasteiger partial charge in [-0.25, -0.2) is 0 Å². The second-order valence-corrected chi connectivity index (χ2v) is 5.77. The van der Waals surface area contributed by atoms with Gasteiger partial charge >= 0.3 is 0 Å². The van der Waals surface area contributed by atoms with E-state index in [0.717, 1.165) is 37.3 Å². The van der Waals surface area contributed by atoms with Gasteiger partial charge in [-0.15, -0.1) is 0 Å². The third-order valence-electron chi connectivity index (χ3n) is 4.35. The largest absolute Gasteiger partial charge is 0.397 e. The minimum atomic E-state index is 0.213. The molecule has 0 spiro atoms. The summed E-state index contributed by atoms with van der Waals surface area (Å²) < 4.78 is 0. The molecule has 2 heterocycles. The lowest BCUT2D eigenvalue weighted by Crippen LogP contribution is -2.54. The van der Waals surface area contributed by atoms with Crippen LogP contribution in [0.25, 0.3) is 0 Å². The van der Waals surface area contributed by atoms with E-state index in [-0.39, 0.29) is 5.91 Å². The van der Waals surface area contributed by atoms with Gasteiger partial charge in [-0.2, -0.15) is 0 Å². The minimum absolute atomic E-state index is 0.213. The minimum Gasteiger partial charge on any atom is -0.397 e. The number of fused-ring (bicyclic) bond motifs is 1. The number of carbonyl (C=O) groups excluding carboxylic acids is 1. The van der Waals surface area contributed by atoms with Crippen LogP contribution in [0.2, 0.25) is 0 Å². The first-order valence-corrected chi connectivity index (χ1v) is 7.04. The van der Waals surface area contributed by atoms with E-state index in [1.807, 2.05) is 6.07 Å². The molecule has 2 unspecified atom stereocenters. The van der Waals surface area contributed by atoms with Crippen LogP contribution in [0.1, 0.15) is 24.8 Å². The van der Waals surface area contributed by atoms with Crippen LogP contribution in [0.3, 0.4) is 0 Å². The zero-order chi connectivity index (χ0) is 13.4. The van der Waals surface area contributed by atoms with Gasteiger partial charge in [0, 0.05) is 25.6 Å². The van der Waals surface area contributed by atoms with E-state index in [9.17, 15) is 4.79 Å². The van der Waals surface area contributed by atoms with Gasteiger partial charge in [0.15, 0.2) is 0 Å². The van der Waals surface area contributed by atoms with E-state index in [2.05, 4.69) is 29.3 Å². The summed E-state index contributed by atoms with van der Waals surface area (Å²) in [7, 11) is 0. The molecule has 19 heavy (non-hydrogen) atoms. The predicted octanol–water partition coefficient (Wildman–Crippen LogP) is 1.68. The Morgan fingerprint density at radius 2 is 2.21 bits per heavy atom. The fraction of sp³-hybridized carbons (Fsp3) is 0.533. The van der Waals surface area contributed by atoms with Gasteiger partial charge in [-0.1, -0.05) is 6.07 Å². The number of carbonyl (C=O) groups is 1. The standard InChI is InChI=1S/C15H21N3O/c1-10-2-4-14(12(16)8-10)18-7-6-13-11(9-18)3-5-15(19)17-13/h2,4,8,11,13H,3,5-7,9,16H2,1H3,(H,17,19). The maximum absolute atomic E-state index is 11.4. The van der Waals surface area contributed by atoms with E-state index >= 15 is 0 Å². The van der Waals surface area contributed by atoms with Crippen molar-refractivity contribution in [2.75, 3.05) is 23.7 Å². The lowest BCUT2D eigenvalue weighted by molar-refractivity contribution is -0.124. The molecule has 2 aliphatic rings. The van der Waals surface area contributed by atoms with Crippen LogP contribution in [-0.4, -0.2) is 25.0 Å². The fourth-order valence-electron chi connectivity index (χ4n) is 3.29. The molecule has 3 rings (SSSR count). The van der Waals surface area contributed by atoms with Crippen molar-refractivity contribution >= 4 is 17.3 Å². The van der Waals surface area contributed by atoms with Crippen LogP contribution < -0.4 is 16.0 Å². The Bertz CT molecular complexity index is 500. The number of rotatable bonds is 1. The first-order valence-electron chi connectivity index (χ1n) is 7.04. The molecular weight excluding hydrogens is 238 g/mol. The van der Waals surface area contributed by atoms with Crippen LogP contribution in [0.15, 0.2) is 18.2 Å². The highest BCUT2D eigenvalue weighted by molar-refractivity contribution is 5.77. The molecule has 4 nitrogen and oxygen atoms in total. The van der Waals surface area contributed by atoms with Gasteiger partial charge in [0.05, 0.1) is 11.4 Å². The third kappa shape index (κ3) is 2.39. The summed E-state index contributed by atoms with van der Waals surface area (Å²) >= 11 is 0. The number of nitrogens with two attached hydrogens (primary N) is 1. The Balaban J connectivity index is 1.76. The summed E-state index contributed by atoms with van der Waals surface area (Å²) in [5.74, 6) is 0.775. The van der Waals surface area contributed by atoms with Gasteiger partial charge in [0.1, 0.15) is 0 Å². The summed E-state index contributed by atoms with van der Waals surface area (Å²) in [5.41, 5.74) is 9.33. The average molecular weight is 259 g/mol. The van der Waals surface area contributed by atoms with Gasteiger partial charge in [-0.05, 0) is 43.4 Å². The van der Waals surface area contributed by atoms with Crippen molar-refractivity contribution in [1.29, 1.82) is 0 Å². The molecule has 0 radical (unpaired) electrons. The van der Waals surface area contributed by atoms with Crippen molar-refractivity contribution in [1.82, 2.24) is 5.32 Å². The van der Waals surface area contributed by atoms with E-state index in [4.69, 9.17) is 5.73 Å². The highest BCUT2D eigenvalue weighted by Crippen LogP contribution is 2.31. The molecular formula is C15H21N3O. The lowest BCUT2D eigenvalue weighted by atomic mass is 9.85. The molecule has 4 heteroatoms. The Kier molecular flexibility index (Phi) is 3.09. The molecule has 1 amide bonds. The zero-order valence-corrected chi connectivity index (χ0v) is 11.4. The SMILES string of the molecule is Cc1ccc(N2CCC3NC(=O)CCC3C2)c(N)c1. The quantitative estimate of drug-likeness (QED) is 0.754. The molecule has 3 N–H and O–H groups in total. The zero-order valence-electron chi connectivity index (χ0n) is 11.4. The average Bonchev–Trinajstić information content (AvgIpc) is 2.38. The molecule has 2 saturated heterocycles. The van der Waals surface area contributed by atoms with E-state index in [1.54, 1.807) is 0 Å². The number of benzene rings is 1. The number of anilines is 2. The number of nitrogen functional groups attached to an aromatic ring is 1. The van der Waals surface area contributed by atoms with Crippen molar-refractivity contribution in [2.45, 2.75) is 32.2 Å². The number of amides is 1. The van der Waals surface area contributed by atoms with Crippen LogP contribution in [0.4, 0.5) is 11.4 Å². The Morgan fingerprint density at radius 3 is 3.00 bits per heavy atom. The van der Waals surface area contributed by atoms with E-state index in [0.29, 0.717) is 18.4 Å². The molecule has 2 aliphatic heterocycles. The second kappa shape index (κ2) is 4.76. The molecule has 2 atom stereocenters. The van der Waals surface area contributed by atoms with Gasteiger partial charge in [0.2, 0.25) is 5.91 Å². The van der Waals surface area contributed by atoms with Gasteiger partial charge in [0.25, 0.3) is 0 Å². The number of hydrogen-bond donors (Lipinski definition) is 2. The molecule has 102 valence electrons. The Hall–Kier alpha value is -1.71. The van der Waals surface area contributed by atoms with Crippen molar-refractivity contribution in [3.05, 3.63) is 23.8 Å². The summed E-state index contributed by atoms with van der Waals surface area (Å²) in [6.07, 6.45) is 2.68. The molecule has 2 fully saturated rings. The third-order valence-corrected chi connectivity index (χ3v) is 4.35. The van der Waals surface area contributed by atoms with Crippen LogP contribution in [0, 0.1) is 12.8 Å². The van der Waals surface area contributed by atoms with Crippen molar-refractivity contribution in [3.63, 3.8) is 0 Å². The van der Waals surface area contributed by atoms with E-state index in [1.165, 1.54) is 5.56 Å². The van der Waals surface area contributed by atoms with Crippen LogP contribution >= 0.6 is 0 Å². The normalized spacial score (nSPS) is 26.8. The lowest BCUT2D eigenvalue weighted by Gasteiger charge is -2.42. The molecule has 0 bridgehead atoms. The van der Waals surface area contributed by atoms with Crippen molar-refractivity contribution < 1.29 is 4.79 Å². The molecule has 1 aromatic carbocycles. The molecule has 0 aliphatic carbocycles. The number of aryl methyl sites for hydroxylation is 1. The summed E-state index contributed by atoms with van der Waals surface area (Å²) in [5, 5.41) is 3.12. The molecule has 0 aromatic heterocycles. The van der Waals surface area contributed by atoms with Crippen molar-refractivity contribution in [3.8, 4) is 0 Å². The maximum Gasteiger partial charge on any atom is 0.220 e. The number of hydrogen-bond acceptors (Lipinski definition) is 3. The first-order chi connectivity index (χ1) is 9.13. The van der Waals surface area contributed by atoms with E-state index < -0.39 is 0 Å². The van der Waals surface area contributed by atoms with Gasteiger partial charge in [-0.3, -0.25) is 4.79 Å². The van der Waals surface area contributed by atoms with Crippen LogP contribution in [0.5, 0.6) is 0 Å². The second-order valence-electron chi connectivity index (χ2n) is 5.77. The first kappa shape index (κ1) is 12.3. The smallest absolute Gasteiger partial charge is 0.220 e. The fourth-order valence-corrected chi connectivity index (χ4v) is 3.29. The highest BCUT2D eigenvalue weighted by atomic mass is 16.1. The number of piperidine rings is 2. The molecule has 0 saturated carbocycles. The molecule has 1 aromatic rings. The Labute approximate surface area is 114 Å². The number of nitrogens with one attached hydrogen (secondary N) is 1. The van der Waals surface area contributed by atoms with Crippen LogP contribution in [-0.2, 0) is 4.79 Å². The number of nitrogens with zero attached hydrogens (tertiary/aromatic N) is 1. The van der Waals surface area contributed by atoms with Gasteiger partial charge < -0.3 is 16.0 Å². The predicted molar refractivity (Wildman–Crippen MR) is 77.1 cm³/mol. The summed E-state index contributed by atoms with van der Waals surface area (Å²) in [6, 6.07) is 6.63. The highest BCUT2D eigenvalue weighted by Gasteiger charge is 2.34.